The minimum absolute atomic E-state index is 0.356. The van der Waals surface area contributed by atoms with Gasteiger partial charge in [0.05, 0.1) is 0 Å². The van der Waals surface area contributed by atoms with Gasteiger partial charge in [0.25, 0.3) is 0 Å². The fourth-order valence-electron chi connectivity index (χ4n) is 1.50. The van der Waals surface area contributed by atoms with Gasteiger partial charge in [0.1, 0.15) is 0 Å². The van der Waals surface area contributed by atoms with Crippen LogP contribution < -0.4 is 5.32 Å². The molecule has 1 unspecified atom stereocenters. The average Bonchev–Trinajstić information content (AvgIpc) is 2.69. The lowest BCUT2D eigenvalue weighted by Gasteiger charge is -2.10. The Morgan fingerprint density at radius 2 is 2.57 bits per heavy atom. The molecule has 1 saturated heterocycles. The van der Waals surface area contributed by atoms with Gasteiger partial charge in [-0.25, -0.2) is 4.98 Å². The molecule has 0 amide bonds. The first kappa shape index (κ1) is 9.93. The van der Waals surface area contributed by atoms with Crippen LogP contribution in [0.15, 0.2) is 18.3 Å². The molecule has 4 heteroatoms. The predicted octanol–water partition coefficient (Wildman–Crippen LogP) is 1.82. The first-order valence-electron chi connectivity index (χ1n) is 4.77. The molecule has 2 heterocycles. The number of rotatable bonds is 3. The highest BCUT2D eigenvalue weighted by atomic mass is 32.2. The summed E-state index contributed by atoms with van der Waals surface area (Å²) in [6.07, 6.45) is 2.66. The Balaban J connectivity index is 1.88. The summed E-state index contributed by atoms with van der Waals surface area (Å²) >= 11 is 1.95. The number of hydrogen-bond acceptors (Lipinski definition) is 3. The molecule has 1 aliphatic rings. The largest absolute Gasteiger partial charge is 0.309 e. The topological polar surface area (TPSA) is 24.9 Å². The Morgan fingerprint density at radius 1 is 1.64 bits per heavy atom. The monoisotopic (exact) mass is 212 g/mol. The fraction of sp³-hybridized carbons (Fsp3) is 0.500. The molecule has 0 aliphatic carbocycles. The minimum Gasteiger partial charge on any atom is -0.309 e. The van der Waals surface area contributed by atoms with Crippen LogP contribution in [0.4, 0.5) is 4.39 Å². The summed E-state index contributed by atoms with van der Waals surface area (Å²) in [5, 5.41) is 3.34. The van der Waals surface area contributed by atoms with Crippen molar-refractivity contribution in [3.05, 3.63) is 29.8 Å². The molecule has 2 nitrogen and oxygen atoms in total. The van der Waals surface area contributed by atoms with E-state index in [1.807, 2.05) is 11.8 Å². The van der Waals surface area contributed by atoms with Crippen molar-refractivity contribution < 1.29 is 4.39 Å². The minimum atomic E-state index is -0.356. The summed E-state index contributed by atoms with van der Waals surface area (Å²) < 4.78 is 13.1. The van der Waals surface area contributed by atoms with Gasteiger partial charge in [-0.1, -0.05) is 6.07 Å². The molecule has 1 aromatic heterocycles. The van der Waals surface area contributed by atoms with Gasteiger partial charge in [-0.2, -0.15) is 16.2 Å². The third-order valence-electron chi connectivity index (χ3n) is 2.35. The van der Waals surface area contributed by atoms with Crippen LogP contribution in [0.5, 0.6) is 0 Å². The van der Waals surface area contributed by atoms with Crippen LogP contribution >= 0.6 is 11.8 Å². The van der Waals surface area contributed by atoms with E-state index in [4.69, 9.17) is 0 Å². The zero-order chi connectivity index (χ0) is 9.80. The number of nitrogens with one attached hydrogen (secondary N) is 1. The molecular formula is C10H13FN2S. The normalized spacial score (nSPS) is 21.4. The van der Waals surface area contributed by atoms with Gasteiger partial charge in [0, 0.05) is 30.1 Å². The van der Waals surface area contributed by atoms with Crippen LogP contribution in [-0.2, 0) is 6.54 Å². The summed E-state index contributed by atoms with van der Waals surface area (Å²) in [5.74, 6) is 2.00. The molecule has 0 radical (unpaired) electrons. The molecule has 1 aliphatic heterocycles. The molecule has 76 valence electrons. The van der Waals surface area contributed by atoms with E-state index in [1.165, 1.54) is 18.4 Å². The van der Waals surface area contributed by atoms with Crippen molar-refractivity contribution in [3.8, 4) is 0 Å². The van der Waals surface area contributed by atoms with Gasteiger partial charge >= 0.3 is 0 Å². The van der Waals surface area contributed by atoms with Crippen molar-refractivity contribution in [2.75, 3.05) is 11.5 Å². The Labute approximate surface area is 87.3 Å². The van der Waals surface area contributed by atoms with Crippen LogP contribution in [0.25, 0.3) is 0 Å². The number of hydrogen-bond donors (Lipinski definition) is 1. The van der Waals surface area contributed by atoms with E-state index in [-0.39, 0.29) is 5.95 Å². The van der Waals surface area contributed by atoms with Crippen LogP contribution in [-0.4, -0.2) is 22.5 Å². The predicted molar refractivity (Wildman–Crippen MR) is 56.8 cm³/mol. The maximum atomic E-state index is 13.1. The summed E-state index contributed by atoms with van der Waals surface area (Å²) in [6.45, 7) is 0.588. The molecule has 14 heavy (non-hydrogen) atoms. The number of halogens is 1. The highest BCUT2D eigenvalue weighted by Crippen LogP contribution is 2.17. The molecule has 0 spiro atoms. The van der Waals surface area contributed by atoms with Gasteiger partial charge in [0.15, 0.2) is 0 Å². The van der Waals surface area contributed by atoms with Gasteiger partial charge < -0.3 is 5.32 Å². The van der Waals surface area contributed by atoms with E-state index in [1.54, 1.807) is 12.1 Å². The second-order valence-corrected chi connectivity index (χ2v) is 4.54. The van der Waals surface area contributed by atoms with E-state index >= 15 is 0 Å². The van der Waals surface area contributed by atoms with Gasteiger partial charge in [-0.05, 0) is 18.2 Å². The van der Waals surface area contributed by atoms with Crippen molar-refractivity contribution in [1.29, 1.82) is 0 Å². The lowest BCUT2D eigenvalue weighted by Crippen LogP contribution is -2.28. The van der Waals surface area contributed by atoms with E-state index < -0.39 is 0 Å². The number of pyridine rings is 1. The number of nitrogens with zero attached hydrogens (tertiary/aromatic N) is 1. The second kappa shape index (κ2) is 4.75. The summed E-state index contributed by atoms with van der Waals surface area (Å²) in [6, 6.07) is 4.08. The van der Waals surface area contributed by atoms with Gasteiger partial charge in [-0.15, -0.1) is 0 Å². The van der Waals surface area contributed by atoms with Crippen molar-refractivity contribution in [2.24, 2.45) is 0 Å². The molecule has 0 saturated carbocycles. The lowest BCUT2D eigenvalue weighted by molar-refractivity contribution is 0.518. The molecule has 0 bridgehead atoms. The average molecular weight is 212 g/mol. The maximum Gasteiger partial charge on any atom is 0.217 e. The van der Waals surface area contributed by atoms with Gasteiger partial charge in [-0.3, -0.25) is 0 Å². The fourth-order valence-corrected chi connectivity index (χ4v) is 2.69. The Bertz CT molecular complexity index is 300. The third kappa shape index (κ3) is 2.45. The van der Waals surface area contributed by atoms with E-state index in [0.29, 0.717) is 18.2 Å². The Kier molecular flexibility index (Phi) is 3.37. The van der Waals surface area contributed by atoms with Crippen LogP contribution in [0.1, 0.15) is 12.0 Å². The quantitative estimate of drug-likeness (QED) is 0.774. The van der Waals surface area contributed by atoms with Crippen molar-refractivity contribution in [1.82, 2.24) is 10.3 Å². The highest BCUT2D eigenvalue weighted by molar-refractivity contribution is 7.99. The highest BCUT2D eigenvalue weighted by Gasteiger charge is 2.14. The Morgan fingerprint density at radius 3 is 3.29 bits per heavy atom. The van der Waals surface area contributed by atoms with Gasteiger partial charge in [0.2, 0.25) is 5.95 Å². The molecule has 1 atom stereocenters. The zero-order valence-corrected chi connectivity index (χ0v) is 8.69. The molecule has 1 fully saturated rings. The zero-order valence-electron chi connectivity index (χ0n) is 7.87. The summed E-state index contributed by atoms with van der Waals surface area (Å²) in [4.78, 5) is 3.61. The SMILES string of the molecule is Fc1ncccc1CNC1CCSC1. The smallest absolute Gasteiger partial charge is 0.217 e. The molecule has 1 N–H and O–H groups in total. The second-order valence-electron chi connectivity index (χ2n) is 3.39. The summed E-state index contributed by atoms with van der Waals surface area (Å²) in [7, 11) is 0. The third-order valence-corrected chi connectivity index (χ3v) is 3.51. The van der Waals surface area contributed by atoms with Crippen LogP contribution in [0.3, 0.4) is 0 Å². The lowest BCUT2D eigenvalue weighted by atomic mass is 10.2. The Hall–Kier alpha value is -0.610. The molecule has 0 aromatic carbocycles. The summed E-state index contributed by atoms with van der Waals surface area (Å²) in [5.41, 5.74) is 0.657. The first-order valence-corrected chi connectivity index (χ1v) is 5.92. The van der Waals surface area contributed by atoms with E-state index in [2.05, 4.69) is 10.3 Å². The molecular weight excluding hydrogens is 199 g/mol. The van der Waals surface area contributed by atoms with E-state index in [9.17, 15) is 4.39 Å². The van der Waals surface area contributed by atoms with Crippen LogP contribution in [0.2, 0.25) is 0 Å². The molecule has 1 aromatic rings. The number of aromatic nitrogens is 1. The van der Waals surface area contributed by atoms with Crippen molar-refractivity contribution >= 4 is 11.8 Å². The molecule has 2 rings (SSSR count). The standard InChI is InChI=1S/C10H13FN2S/c11-10-8(2-1-4-12-10)6-13-9-3-5-14-7-9/h1-2,4,9,13H,3,5-7H2. The number of thioether (sulfide) groups is 1. The maximum absolute atomic E-state index is 13.1. The van der Waals surface area contributed by atoms with E-state index in [0.717, 1.165) is 5.75 Å². The van der Waals surface area contributed by atoms with Crippen molar-refractivity contribution in [3.63, 3.8) is 0 Å². The van der Waals surface area contributed by atoms with Crippen molar-refractivity contribution in [2.45, 2.75) is 19.0 Å². The van der Waals surface area contributed by atoms with Crippen LogP contribution in [0, 0.1) is 5.95 Å². The first-order chi connectivity index (χ1) is 6.86.